The van der Waals surface area contributed by atoms with Gasteiger partial charge in [0.2, 0.25) is 0 Å². The van der Waals surface area contributed by atoms with E-state index in [-0.39, 0.29) is 24.9 Å². The number of nitrogens with zero attached hydrogens (tertiary/aromatic N) is 1. The molecule has 1 aliphatic heterocycles. The van der Waals surface area contributed by atoms with Crippen molar-refractivity contribution >= 4 is 28.5 Å². The van der Waals surface area contributed by atoms with Gasteiger partial charge < -0.3 is 9.52 Å². The van der Waals surface area contributed by atoms with E-state index in [4.69, 9.17) is 21.1 Å². The van der Waals surface area contributed by atoms with E-state index in [9.17, 15) is 18.0 Å². The predicted molar refractivity (Wildman–Crippen MR) is 77.2 cm³/mol. The number of benzene rings is 1. The van der Waals surface area contributed by atoms with Crippen molar-refractivity contribution < 1.29 is 27.5 Å². The van der Waals surface area contributed by atoms with Gasteiger partial charge in [0.25, 0.3) is 0 Å². The van der Waals surface area contributed by atoms with Crippen LogP contribution in [0.2, 0.25) is 5.22 Å². The molecule has 8 heteroatoms. The Morgan fingerprint density at radius 3 is 2.65 bits per heavy atom. The summed E-state index contributed by atoms with van der Waals surface area (Å²) in [7, 11) is 0. The number of furan rings is 1. The van der Waals surface area contributed by atoms with Crippen LogP contribution in [-0.4, -0.2) is 35.2 Å². The maximum Gasteiger partial charge on any atom is 0.393 e. The van der Waals surface area contributed by atoms with Gasteiger partial charge in [0.15, 0.2) is 5.22 Å². The van der Waals surface area contributed by atoms with Crippen LogP contribution in [0.4, 0.5) is 13.2 Å². The van der Waals surface area contributed by atoms with Crippen molar-refractivity contribution in [2.45, 2.75) is 12.7 Å². The number of rotatable bonds is 3. The maximum absolute atomic E-state index is 13.0. The van der Waals surface area contributed by atoms with Gasteiger partial charge in [-0.05, 0) is 17.7 Å². The summed E-state index contributed by atoms with van der Waals surface area (Å²) < 4.78 is 44.4. The van der Waals surface area contributed by atoms with Crippen LogP contribution < -0.4 is 0 Å². The highest BCUT2D eigenvalue weighted by Gasteiger charge is 2.52. The summed E-state index contributed by atoms with van der Waals surface area (Å²) in [6.07, 6.45) is -4.54. The van der Waals surface area contributed by atoms with E-state index < -0.39 is 24.0 Å². The quantitative estimate of drug-likeness (QED) is 0.918. The third-order valence-corrected chi connectivity index (χ3v) is 4.47. The van der Waals surface area contributed by atoms with Crippen molar-refractivity contribution in [2.75, 3.05) is 13.1 Å². The summed E-state index contributed by atoms with van der Waals surface area (Å²) in [5, 5.41) is 9.89. The van der Waals surface area contributed by atoms with E-state index in [0.29, 0.717) is 11.1 Å². The van der Waals surface area contributed by atoms with Crippen molar-refractivity contribution in [3.63, 3.8) is 0 Å². The van der Waals surface area contributed by atoms with Crippen LogP contribution in [0.1, 0.15) is 5.56 Å². The number of aliphatic carboxylic acids is 1. The largest absolute Gasteiger partial charge is 0.481 e. The highest BCUT2D eigenvalue weighted by atomic mass is 35.5. The van der Waals surface area contributed by atoms with Crippen LogP contribution >= 0.6 is 11.6 Å². The Morgan fingerprint density at radius 2 is 2.04 bits per heavy atom. The number of alkyl halides is 3. The number of carboxylic acid groups (broad SMARTS) is 1. The molecule has 124 valence electrons. The van der Waals surface area contributed by atoms with Gasteiger partial charge in [0, 0.05) is 30.6 Å². The zero-order chi connectivity index (χ0) is 16.8. The Bertz CT molecular complexity index is 743. The fourth-order valence-corrected chi connectivity index (χ4v) is 3.28. The molecule has 3 rings (SSSR count). The summed E-state index contributed by atoms with van der Waals surface area (Å²) in [5.41, 5.74) is 1.13. The van der Waals surface area contributed by atoms with E-state index >= 15 is 0 Å². The molecular formula is C15H13ClF3NO3. The Hall–Kier alpha value is -1.73. The van der Waals surface area contributed by atoms with E-state index in [1.807, 2.05) is 0 Å². The average molecular weight is 348 g/mol. The lowest BCUT2D eigenvalue weighted by atomic mass is 9.96. The lowest BCUT2D eigenvalue weighted by Gasteiger charge is -2.18. The van der Waals surface area contributed by atoms with E-state index in [0.717, 1.165) is 5.39 Å². The van der Waals surface area contributed by atoms with Crippen LogP contribution in [0.3, 0.4) is 0 Å². The molecule has 1 saturated heterocycles. The van der Waals surface area contributed by atoms with Crippen molar-refractivity contribution in [3.05, 3.63) is 35.0 Å². The molecule has 0 unspecified atom stereocenters. The molecule has 4 nitrogen and oxygen atoms in total. The summed E-state index contributed by atoms with van der Waals surface area (Å²) in [6, 6.07) is 7.03. The third kappa shape index (κ3) is 3.03. The zero-order valence-electron chi connectivity index (χ0n) is 11.8. The maximum atomic E-state index is 13.0. The second-order valence-corrected chi connectivity index (χ2v) is 5.98. The average Bonchev–Trinajstić information content (AvgIpc) is 3.02. The van der Waals surface area contributed by atoms with Gasteiger partial charge in [-0.25, -0.2) is 0 Å². The van der Waals surface area contributed by atoms with Crippen LogP contribution in [0.5, 0.6) is 0 Å². The first-order valence-electron chi connectivity index (χ1n) is 6.95. The van der Waals surface area contributed by atoms with Crippen LogP contribution in [-0.2, 0) is 11.3 Å². The predicted octanol–water partition coefficient (Wildman–Crippen LogP) is 3.78. The lowest BCUT2D eigenvalue weighted by molar-refractivity contribution is -0.188. The van der Waals surface area contributed by atoms with Crippen LogP contribution in [0, 0.1) is 11.8 Å². The topological polar surface area (TPSA) is 53.7 Å². The number of para-hydroxylation sites is 1. The molecule has 23 heavy (non-hydrogen) atoms. The van der Waals surface area contributed by atoms with Gasteiger partial charge in [0.05, 0.1) is 11.8 Å². The van der Waals surface area contributed by atoms with Gasteiger partial charge in [-0.15, -0.1) is 0 Å². The van der Waals surface area contributed by atoms with Gasteiger partial charge in [-0.3, -0.25) is 9.69 Å². The summed E-state index contributed by atoms with van der Waals surface area (Å²) >= 11 is 6.04. The number of carbonyl (C=O) groups is 1. The molecule has 1 fully saturated rings. The molecule has 2 heterocycles. The molecule has 0 aliphatic carbocycles. The smallest absolute Gasteiger partial charge is 0.393 e. The Kier molecular flexibility index (Phi) is 4.01. The minimum absolute atomic E-state index is 0.117. The van der Waals surface area contributed by atoms with Crippen LogP contribution in [0.25, 0.3) is 11.0 Å². The van der Waals surface area contributed by atoms with Crippen molar-refractivity contribution in [3.8, 4) is 0 Å². The number of fused-ring (bicyclic) bond motifs is 1. The van der Waals surface area contributed by atoms with E-state index in [2.05, 4.69) is 0 Å². The highest BCUT2D eigenvalue weighted by Crippen LogP contribution is 2.39. The molecule has 2 aromatic rings. The number of hydrogen-bond acceptors (Lipinski definition) is 3. The zero-order valence-corrected chi connectivity index (χ0v) is 12.6. The molecule has 0 spiro atoms. The molecule has 1 aliphatic rings. The van der Waals surface area contributed by atoms with Crippen LogP contribution in [0.15, 0.2) is 28.7 Å². The fraction of sp³-hybridized carbons (Fsp3) is 0.400. The first-order chi connectivity index (χ1) is 10.8. The molecular weight excluding hydrogens is 335 g/mol. The molecule has 0 saturated carbocycles. The molecule has 0 amide bonds. The normalized spacial score (nSPS) is 22.8. The minimum Gasteiger partial charge on any atom is -0.481 e. The van der Waals surface area contributed by atoms with Crippen molar-refractivity contribution in [1.29, 1.82) is 0 Å². The molecule has 1 aromatic heterocycles. The standard InChI is InChI=1S/C15H13ClF3NO3/c16-13-9(8-3-1-2-4-12(8)23-13)5-20-6-10(14(21)22)11(7-20)15(17,18)19/h1-4,10-11H,5-7H2,(H,21,22)/t10-,11-/m1/s1. The minimum atomic E-state index is -4.54. The SMILES string of the molecule is O=C(O)[C@@H]1CN(Cc2c(Cl)oc3ccccc23)C[C@H]1C(F)(F)F. The van der Waals surface area contributed by atoms with E-state index in [1.165, 1.54) is 4.90 Å². The second kappa shape index (κ2) is 5.72. The first-order valence-corrected chi connectivity index (χ1v) is 7.33. The first kappa shape index (κ1) is 16.1. The lowest BCUT2D eigenvalue weighted by Crippen LogP contribution is -2.33. The summed E-state index contributed by atoms with van der Waals surface area (Å²) in [4.78, 5) is 12.6. The highest BCUT2D eigenvalue weighted by molar-refractivity contribution is 6.30. The number of halogens is 4. The number of likely N-dealkylation sites (tertiary alicyclic amines) is 1. The second-order valence-electron chi connectivity index (χ2n) is 5.64. The third-order valence-electron chi connectivity index (χ3n) is 4.16. The van der Waals surface area contributed by atoms with Gasteiger partial charge >= 0.3 is 12.1 Å². The molecule has 1 aromatic carbocycles. The molecule has 2 atom stereocenters. The Morgan fingerprint density at radius 1 is 1.35 bits per heavy atom. The van der Waals surface area contributed by atoms with Gasteiger partial charge in [-0.2, -0.15) is 13.2 Å². The van der Waals surface area contributed by atoms with Gasteiger partial charge in [-0.1, -0.05) is 18.2 Å². The van der Waals surface area contributed by atoms with E-state index in [1.54, 1.807) is 24.3 Å². The Balaban J connectivity index is 1.86. The Labute approximate surface area is 134 Å². The molecule has 0 bridgehead atoms. The molecule has 0 radical (unpaired) electrons. The fourth-order valence-electron chi connectivity index (χ4n) is 3.04. The van der Waals surface area contributed by atoms with Crippen molar-refractivity contribution in [2.24, 2.45) is 11.8 Å². The molecule has 1 N–H and O–H groups in total. The number of carboxylic acids is 1. The summed E-state index contributed by atoms with van der Waals surface area (Å²) in [5.74, 6) is -4.78. The monoisotopic (exact) mass is 347 g/mol. The summed E-state index contributed by atoms with van der Waals surface area (Å²) in [6.45, 7) is -0.419. The van der Waals surface area contributed by atoms with Gasteiger partial charge in [0.1, 0.15) is 5.58 Å². The number of hydrogen-bond donors (Lipinski definition) is 1. The van der Waals surface area contributed by atoms with Crippen molar-refractivity contribution in [1.82, 2.24) is 4.90 Å².